The van der Waals surface area contributed by atoms with Crippen LogP contribution in [0.2, 0.25) is 0 Å². The molecule has 2 fully saturated rings. The van der Waals surface area contributed by atoms with Crippen molar-refractivity contribution in [2.45, 2.75) is 48.7 Å². The van der Waals surface area contributed by atoms with Gasteiger partial charge < -0.3 is 0 Å². The molecule has 2 aliphatic rings. The number of hydrogen-bond donors (Lipinski definition) is 0. The third-order valence-electron chi connectivity index (χ3n) is 5.76. The van der Waals surface area contributed by atoms with Gasteiger partial charge in [0, 0.05) is 23.7 Å². The van der Waals surface area contributed by atoms with E-state index in [2.05, 4.69) is 10.3 Å². The molecule has 2 aliphatic heterocycles. The highest BCUT2D eigenvalue weighted by molar-refractivity contribution is 7.89. The number of hydrogen-bond acceptors (Lipinski definition) is 4. The van der Waals surface area contributed by atoms with Gasteiger partial charge in [-0.05, 0) is 37.1 Å². The second kappa shape index (κ2) is 5.89. The van der Waals surface area contributed by atoms with Crippen LogP contribution in [0.4, 0.5) is 0 Å². The van der Waals surface area contributed by atoms with Gasteiger partial charge in [0.15, 0.2) is 0 Å². The Bertz CT molecular complexity index is 1030. The van der Waals surface area contributed by atoms with E-state index in [9.17, 15) is 8.42 Å². The molecular formula is C19H20N4O2S. The maximum atomic E-state index is 13.5. The number of aromatic nitrogens is 3. The minimum absolute atomic E-state index is 0.0342. The van der Waals surface area contributed by atoms with Crippen LogP contribution in [-0.2, 0) is 10.0 Å². The van der Waals surface area contributed by atoms with Gasteiger partial charge in [-0.1, -0.05) is 41.6 Å². The van der Waals surface area contributed by atoms with Crippen molar-refractivity contribution in [2.75, 3.05) is 0 Å². The Morgan fingerprint density at radius 3 is 2.38 bits per heavy atom. The van der Waals surface area contributed by atoms with Crippen LogP contribution in [0.15, 0.2) is 59.8 Å². The third-order valence-corrected chi connectivity index (χ3v) is 7.82. The Kier molecular flexibility index (Phi) is 3.62. The van der Waals surface area contributed by atoms with Crippen molar-refractivity contribution in [1.29, 1.82) is 0 Å². The lowest BCUT2D eigenvalue weighted by molar-refractivity contribution is 0.183. The maximum Gasteiger partial charge on any atom is 0.244 e. The maximum absolute atomic E-state index is 13.5. The van der Waals surface area contributed by atoms with Crippen LogP contribution < -0.4 is 0 Å². The van der Waals surface area contributed by atoms with E-state index >= 15 is 0 Å². The molecule has 3 heterocycles. The Morgan fingerprint density at radius 2 is 1.65 bits per heavy atom. The molecule has 0 N–H and O–H groups in total. The van der Waals surface area contributed by atoms with Crippen molar-refractivity contribution in [2.24, 2.45) is 0 Å². The number of fused-ring (bicyclic) bond motifs is 3. The predicted octanol–water partition coefficient (Wildman–Crippen LogP) is 2.99. The van der Waals surface area contributed by atoms with E-state index in [1.165, 1.54) is 0 Å². The standard InChI is InChI=1S/C19H20N4O2S/c24-26(25,19-7-3-5-14-4-1-2-6-18(14)19)23-15-8-9-16(23)13-17(12-15)22-11-10-20-21-22/h1-7,10-11,15-17H,8-9,12-13H2. The first-order chi connectivity index (χ1) is 12.6. The number of benzene rings is 2. The van der Waals surface area contributed by atoms with Gasteiger partial charge in [0.2, 0.25) is 10.0 Å². The van der Waals surface area contributed by atoms with Crippen molar-refractivity contribution in [3.63, 3.8) is 0 Å². The van der Waals surface area contributed by atoms with Gasteiger partial charge in [-0.15, -0.1) is 5.10 Å². The summed E-state index contributed by atoms with van der Waals surface area (Å²) in [4.78, 5) is 0.423. The molecule has 3 aromatic rings. The highest BCUT2D eigenvalue weighted by atomic mass is 32.2. The summed E-state index contributed by atoms with van der Waals surface area (Å²) in [6.07, 6.45) is 6.98. The van der Waals surface area contributed by atoms with Gasteiger partial charge in [0.25, 0.3) is 0 Å². The molecule has 0 saturated carbocycles. The molecule has 1 aromatic heterocycles. The quantitative estimate of drug-likeness (QED) is 0.713. The summed E-state index contributed by atoms with van der Waals surface area (Å²) < 4.78 is 30.8. The van der Waals surface area contributed by atoms with Gasteiger partial charge in [-0.3, -0.25) is 0 Å². The van der Waals surface area contributed by atoms with E-state index in [4.69, 9.17) is 0 Å². The van der Waals surface area contributed by atoms with E-state index in [-0.39, 0.29) is 18.1 Å². The molecule has 0 aliphatic carbocycles. The smallest absolute Gasteiger partial charge is 0.244 e. The summed E-state index contributed by atoms with van der Waals surface area (Å²) in [6, 6.07) is 13.5. The van der Waals surface area contributed by atoms with Gasteiger partial charge in [-0.25, -0.2) is 13.1 Å². The molecule has 2 aromatic carbocycles. The first-order valence-electron chi connectivity index (χ1n) is 9.02. The summed E-state index contributed by atoms with van der Waals surface area (Å²) in [5.41, 5.74) is 0. The molecule has 2 bridgehead atoms. The fourth-order valence-electron chi connectivity index (χ4n) is 4.66. The average molecular weight is 368 g/mol. The molecule has 2 saturated heterocycles. The Morgan fingerprint density at radius 1 is 0.923 bits per heavy atom. The van der Waals surface area contributed by atoms with Crippen molar-refractivity contribution in [1.82, 2.24) is 19.3 Å². The Hall–Kier alpha value is -2.25. The molecule has 0 radical (unpaired) electrons. The minimum atomic E-state index is -3.53. The van der Waals surface area contributed by atoms with Crippen LogP contribution in [0.25, 0.3) is 10.8 Å². The SMILES string of the molecule is O=S(=O)(c1cccc2ccccc12)N1C2CCC1CC(n1ccnn1)C2. The first kappa shape index (κ1) is 16.0. The average Bonchev–Trinajstić information content (AvgIpc) is 3.28. The van der Waals surface area contributed by atoms with Crippen molar-refractivity contribution in [3.05, 3.63) is 54.9 Å². The zero-order valence-corrected chi connectivity index (χ0v) is 15.1. The largest absolute Gasteiger partial charge is 0.249 e. The summed E-state index contributed by atoms with van der Waals surface area (Å²) >= 11 is 0. The van der Waals surface area contributed by atoms with Gasteiger partial charge in [-0.2, -0.15) is 4.31 Å². The lowest BCUT2D eigenvalue weighted by atomic mass is 10.00. The second-order valence-electron chi connectivity index (χ2n) is 7.21. The number of sulfonamides is 1. The fraction of sp³-hybridized carbons (Fsp3) is 0.368. The molecule has 0 amide bonds. The topological polar surface area (TPSA) is 68.1 Å². The van der Waals surface area contributed by atoms with Crippen LogP contribution >= 0.6 is 0 Å². The molecule has 5 rings (SSSR count). The van der Waals surface area contributed by atoms with Crippen LogP contribution in [-0.4, -0.2) is 39.8 Å². The number of rotatable bonds is 3. The second-order valence-corrected chi connectivity index (χ2v) is 9.02. The van der Waals surface area contributed by atoms with E-state index in [1.54, 1.807) is 16.6 Å². The molecule has 26 heavy (non-hydrogen) atoms. The molecule has 2 atom stereocenters. The summed E-state index contributed by atoms with van der Waals surface area (Å²) in [5.74, 6) is 0. The molecule has 2 unspecified atom stereocenters. The van der Waals surface area contributed by atoms with Crippen molar-refractivity contribution < 1.29 is 8.42 Å². The van der Waals surface area contributed by atoms with Crippen LogP contribution in [0.3, 0.4) is 0 Å². The van der Waals surface area contributed by atoms with Crippen molar-refractivity contribution >= 4 is 20.8 Å². The number of nitrogens with zero attached hydrogens (tertiary/aromatic N) is 4. The monoisotopic (exact) mass is 368 g/mol. The lowest BCUT2D eigenvalue weighted by Gasteiger charge is -2.37. The first-order valence-corrected chi connectivity index (χ1v) is 10.5. The molecular weight excluding hydrogens is 348 g/mol. The lowest BCUT2D eigenvalue weighted by Crippen LogP contribution is -2.46. The van der Waals surface area contributed by atoms with E-state index < -0.39 is 10.0 Å². The van der Waals surface area contributed by atoms with Gasteiger partial charge in [0.05, 0.1) is 17.1 Å². The molecule has 134 valence electrons. The van der Waals surface area contributed by atoms with Crippen molar-refractivity contribution in [3.8, 4) is 0 Å². The number of piperidine rings is 1. The zero-order chi connectivity index (χ0) is 17.7. The van der Waals surface area contributed by atoms with E-state index in [0.29, 0.717) is 4.90 Å². The third kappa shape index (κ3) is 2.38. The summed E-state index contributed by atoms with van der Waals surface area (Å²) in [6.45, 7) is 0. The minimum Gasteiger partial charge on any atom is -0.249 e. The Balaban J connectivity index is 1.53. The zero-order valence-electron chi connectivity index (χ0n) is 14.3. The van der Waals surface area contributed by atoms with Gasteiger partial charge >= 0.3 is 0 Å². The molecule has 7 heteroatoms. The highest BCUT2D eigenvalue weighted by Crippen LogP contribution is 2.44. The fourth-order valence-corrected chi connectivity index (χ4v) is 6.77. The van der Waals surface area contributed by atoms with Crippen LogP contribution in [0, 0.1) is 0 Å². The van der Waals surface area contributed by atoms with E-state index in [0.717, 1.165) is 36.5 Å². The molecule has 6 nitrogen and oxygen atoms in total. The van der Waals surface area contributed by atoms with Gasteiger partial charge in [0.1, 0.15) is 0 Å². The highest BCUT2D eigenvalue weighted by Gasteiger charge is 2.48. The predicted molar refractivity (Wildman–Crippen MR) is 98.1 cm³/mol. The molecule has 0 spiro atoms. The normalized spacial score (nSPS) is 26.4. The Labute approximate surface area is 152 Å². The van der Waals surface area contributed by atoms with Crippen LogP contribution in [0.1, 0.15) is 31.7 Å². The van der Waals surface area contributed by atoms with E-state index in [1.807, 2.05) is 47.3 Å². The van der Waals surface area contributed by atoms with Crippen LogP contribution in [0.5, 0.6) is 0 Å². The summed E-state index contributed by atoms with van der Waals surface area (Å²) in [5, 5.41) is 9.78. The summed E-state index contributed by atoms with van der Waals surface area (Å²) in [7, 11) is -3.53.